The highest BCUT2D eigenvalue weighted by Gasteiger charge is 2.31. The van der Waals surface area contributed by atoms with E-state index in [9.17, 15) is 63.8 Å². The minimum absolute atomic E-state index is 0.0296. The Balaban J connectivity index is 0.000000134. The molecular weight excluding hydrogens is 1690 g/mol. The van der Waals surface area contributed by atoms with Crippen LogP contribution in [-0.4, -0.2) is 118 Å². The number of aliphatic carboxylic acids is 1. The molecule has 11 N–H and O–H groups in total. The number of aromatic hydroxyl groups is 3. The monoisotopic (exact) mass is 1770 g/mol. The lowest BCUT2D eigenvalue weighted by molar-refractivity contribution is -0.384. The number of nitrogens with two attached hydrogens (primary N) is 1. The third-order valence-corrected chi connectivity index (χ3v) is 21.6. The van der Waals surface area contributed by atoms with E-state index in [-0.39, 0.29) is 88.6 Å². The van der Waals surface area contributed by atoms with Crippen molar-refractivity contribution in [1.82, 2.24) is 44.8 Å². The Kier molecular flexibility index (Phi) is 27.7. The number of thiophene rings is 1. The number of para-hydroxylation sites is 1. The number of hydrogen-bond acceptors (Lipinski definition) is 24. The molecule has 0 saturated carbocycles. The molecule has 33 heteroatoms. The number of benzene rings is 9. The number of ketones is 1. The van der Waals surface area contributed by atoms with Crippen LogP contribution in [-0.2, 0) is 20.9 Å². The van der Waals surface area contributed by atoms with Gasteiger partial charge in [-0.3, -0.25) is 69.0 Å². The topological polar surface area (TPSA) is 473 Å². The van der Waals surface area contributed by atoms with Crippen molar-refractivity contribution in [3.8, 4) is 51.1 Å². The molecule has 0 radical (unpaired) electrons. The third-order valence-electron chi connectivity index (χ3n) is 20.5. The summed E-state index contributed by atoms with van der Waals surface area (Å²) in [6, 6.07) is 73.2. The first-order valence-electron chi connectivity index (χ1n) is 40.4. The van der Waals surface area contributed by atoms with Gasteiger partial charge in [-0.05, 0) is 116 Å². The Morgan fingerprint density at radius 1 is 0.664 bits per heavy atom. The minimum Gasteiger partial charge on any atom is -0.504 e. The largest absolute Gasteiger partial charge is 0.504 e. The predicted molar refractivity (Wildman–Crippen MR) is 495 cm³/mol. The summed E-state index contributed by atoms with van der Waals surface area (Å²) in [5.41, 5.74) is 18.6. The number of nitro benzene ring substituents is 1. The van der Waals surface area contributed by atoms with Gasteiger partial charge < -0.3 is 50.9 Å². The maximum Gasteiger partial charge on any atom is 0.345 e. The molecule has 3 aliphatic heterocycles. The fraction of sp³-hybridized carbons (Fsp3) is 0.0918. The van der Waals surface area contributed by atoms with Gasteiger partial charge in [0, 0.05) is 91.3 Å². The van der Waals surface area contributed by atoms with Gasteiger partial charge in [0.05, 0.1) is 59.5 Å². The number of carbonyl (C=O) groups excluding carboxylic acids is 6. The highest BCUT2D eigenvalue weighted by atomic mass is 32.1. The van der Waals surface area contributed by atoms with Crippen molar-refractivity contribution in [3.05, 3.63) is 384 Å². The summed E-state index contributed by atoms with van der Waals surface area (Å²) in [5.74, 6) is -3.69. The molecular formula is C98H80N16O16S. The van der Waals surface area contributed by atoms with E-state index in [2.05, 4.69) is 74.4 Å². The van der Waals surface area contributed by atoms with E-state index in [1.807, 2.05) is 185 Å². The molecule has 0 bridgehead atoms. The fourth-order valence-corrected chi connectivity index (χ4v) is 14.9. The molecule has 0 spiro atoms. The Morgan fingerprint density at radius 3 is 1.92 bits per heavy atom. The van der Waals surface area contributed by atoms with Crippen LogP contribution in [0.25, 0.3) is 62.2 Å². The van der Waals surface area contributed by atoms with E-state index in [4.69, 9.17) is 19.7 Å². The number of amides is 5. The highest BCUT2D eigenvalue weighted by Crippen LogP contribution is 2.42. The normalized spacial score (nSPS) is 13.3. The van der Waals surface area contributed by atoms with Gasteiger partial charge >= 0.3 is 17.6 Å². The molecule has 6 aromatic heterocycles. The maximum atomic E-state index is 12.6. The first kappa shape index (κ1) is 89.5. The second kappa shape index (κ2) is 40.5. The molecule has 18 rings (SSSR count). The zero-order chi connectivity index (χ0) is 92.5. The third kappa shape index (κ3) is 21.4. The van der Waals surface area contributed by atoms with Crippen molar-refractivity contribution in [3.63, 3.8) is 0 Å². The molecule has 5 amide bonds. The molecule has 9 aromatic carbocycles. The van der Waals surface area contributed by atoms with E-state index in [1.165, 1.54) is 77.2 Å². The molecule has 654 valence electrons. The number of nitro groups is 1. The number of fused-ring (bicyclic) bond motifs is 2. The van der Waals surface area contributed by atoms with Gasteiger partial charge in [-0.2, -0.15) is 15.1 Å². The lowest BCUT2D eigenvalue weighted by Crippen LogP contribution is -2.34. The van der Waals surface area contributed by atoms with Crippen LogP contribution in [0, 0.1) is 30.9 Å². The molecule has 131 heavy (non-hydrogen) atoms. The molecule has 15 aromatic rings. The van der Waals surface area contributed by atoms with Crippen LogP contribution >= 0.6 is 11.3 Å². The number of hydrogen-bond donors (Lipinski definition) is 10. The summed E-state index contributed by atoms with van der Waals surface area (Å²) in [6.45, 7) is 11.8. The van der Waals surface area contributed by atoms with Gasteiger partial charge in [0.2, 0.25) is 11.7 Å². The SMILES string of the molecule is C=C1CC(=O)/C(=C\c2cn(CCC(=O)O)nc2-c2cc3ccccc3oc2=O)C(=O)N1.CC1=C(c2ccccc2)C(c2ccc(O)c(O)c2O)=NC1.Cc1ccc(C(=O)Nc2nc(-c3ccccc3)c(-c3ccccc3)o2)cc1.Cc1sc(NC(=O)c2cnccn2)c(C(N)=O)c1C.O=C(Nc1nc2n(n1)C(c1ccccc1)C=C(c1ccccc1)N2)c1ccc([N+](=O)[O-])cc1. The van der Waals surface area contributed by atoms with Crippen LogP contribution in [0.3, 0.4) is 0 Å². The number of primary amides is 1. The number of carboxylic acids is 1. The number of anilines is 4. The first-order chi connectivity index (χ1) is 63.2. The Labute approximate surface area is 750 Å². The average Bonchev–Trinajstić information content (AvgIpc) is 1.53. The number of piperidine rings is 1. The van der Waals surface area contributed by atoms with Crippen LogP contribution in [0.15, 0.2) is 316 Å². The number of nitrogens with one attached hydrogen (secondary N) is 5. The van der Waals surface area contributed by atoms with Crippen molar-refractivity contribution in [2.24, 2.45) is 10.7 Å². The Hall–Kier alpha value is -17.8. The predicted octanol–water partition coefficient (Wildman–Crippen LogP) is 16.8. The summed E-state index contributed by atoms with van der Waals surface area (Å²) < 4.78 is 14.4. The molecule has 32 nitrogen and oxygen atoms in total. The van der Waals surface area contributed by atoms with Crippen LogP contribution < -0.4 is 37.9 Å². The van der Waals surface area contributed by atoms with E-state index >= 15 is 0 Å². The van der Waals surface area contributed by atoms with Gasteiger partial charge in [0.1, 0.15) is 33.7 Å². The Bertz CT molecular complexity index is 7000. The van der Waals surface area contributed by atoms with E-state index in [0.717, 1.165) is 60.7 Å². The number of Topliss-reactive ketones (excluding diaryl/α,β-unsaturated/α-hetero) is 1. The number of rotatable bonds is 19. The summed E-state index contributed by atoms with van der Waals surface area (Å²) in [7, 11) is 0. The van der Waals surface area contributed by atoms with E-state index < -0.39 is 51.7 Å². The van der Waals surface area contributed by atoms with Gasteiger partial charge in [0.25, 0.3) is 41.2 Å². The Morgan fingerprint density at radius 2 is 1.28 bits per heavy atom. The number of aliphatic imine (C=N–C) groups is 1. The van der Waals surface area contributed by atoms with Crippen molar-refractivity contribution in [2.75, 3.05) is 27.8 Å². The number of aromatic nitrogens is 8. The van der Waals surface area contributed by atoms with Gasteiger partial charge in [-0.1, -0.05) is 194 Å². The second-order valence-corrected chi connectivity index (χ2v) is 30.8. The summed E-state index contributed by atoms with van der Waals surface area (Å²) in [5, 5.41) is 72.9. The zero-order valence-electron chi connectivity index (χ0n) is 70.3. The summed E-state index contributed by atoms with van der Waals surface area (Å²) in [4.78, 5) is 129. The lowest BCUT2D eigenvalue weighted by atomic mass is 9.93. The number of phenols is 3. The molecule has 1 saturated heterocycles. The molecule has 3 aliphatic rings. The van der Waals surface area contributed by atoms with Gasteiger partial charge in [0.15, 0.2) is 23.0 Å². The minimum atomic E-state index is -1.01. The van der Waals surface area contributed by atoms with Crippen LogP contribution in [0.2, 0.25) is 0 Å². The number of carbonyl (C=O) groups is 7. The van der Waals surface area contributed by atoms with Crippen molar-refractivity contribution >= 4 is 115 Å². The number of nitrogens with zero attached hydrogens (tertiary/aromatic N) is 10. The number of phenolic OH excluding ortho intramolecular Hbond substituents is 3. The van der Waals surface area contributed by atoms with E-state index in [1.54, 1.807) is 60.1 Å². The van der Waals surface area contributed by atoms with Crippen molar-refractivity contribution in [1.29, 1.82) is 0 Å². The summed E-state index contributed by atoms with van der Waals surface area (Å²) in [6.07, 6.45) is 8.93. The number of oxazole rings is 1. The smallest absolute Gasteiger partial charge is 0.345 e. The van der Waals surface area contributed by atoms with Gasteiger partial charge in [-0.25, -0.2) is 14.5 Å². The second-order valence-electron chi connectivity index (χ2n) is 29.6. The van der Waals surface area contributed by atoms with Crippen molar-refractivity contribution < 1.29 is 67.7 Å². The van der Waals surface area contributed by atoms with Crippen LogP contribution in [0.4, 0.5) is 28.6 Å². The number of non-ortho nitro benzene ring substituents is 1. The first-order valence-corrected chi connectivity index (χ1v) is 41.2. The molecule has 1 unspecified atom stereocenters. The lowest BCUT2D eigenvalue weighted by Gasteiger charge is -2.24. The molecule has 1 atom stereocenters. The number of carboxylic acid groups (broad SMARTS) is 1. The molecule has 1 fully saturated rings. The standard InChI is InChI=1S/C24H18N6O3.C23H18N2O2.C22H17N3O6.C17H15NO3.C12H12N4O2S/c31-22(18-11-13-19(14-12-18)30(32)33)26-23-27-24-25-20(16-7-3-1-4-8-16)15-21(29(24)28-23)17-9-5-2-6-10-17;1-16-12-14-19(15-13-16)22(26)25-23-24-20(17-8-4-2-5-9-17)21(27-23)18-10-6-3-7-11-18;1-12-8-17(26)15(21(29)23-12)10-14-11-25(7-6-19(27)28)24-20(14)16-9-13-4-2-3-5-18(13)31-22(16)30;1-10-9-18-15(14(10)11-5-3-2-4-6-11)12-7-8-13(19)17(21)16(12)20;1-6-7(2)19-12(9(6)10(13)17)16-11(18)8-5-14-3-4-15-8/h1-15,21H,(H2,25,26,27,28,31);2-15H,1H3,(H,24,25,26);2-5,9-11H,1,6-8H2,(H,23,29)(H,27,28);2-8,19-21H,9H2,1H3;3-5H,1-2H3,(H2,13,17)(H,16,18)/b;;15-10+;;. The quantitative estimate of drug-likeness (QED) is 0.00897. The van der Waals surface area contributed by atoms with E-state index in [0.29, 0.717) is 73.6 Å². The summed E-state index contributed by atoms with van der Waals surface area (Å²) >= 11 is 1.31. The zero-order valence-corrected chi connectivity index (χ0v) is 71.1. The van der Waals surface area contributed by atoms with Gasteiger partial charge in [-0.15, -0.1) is 16.4 Å². The molecule has 0 aliphatic carbocycles. The van der Waals surface area contributed by atoms with Crippen molar-refractivity contribution in [2.45, 2.75) is 53.1 Å². The van der Waals surface area contributed by atoms with Crippen LogP contribution in [0.5, 0.6) is 17.2 Å². The number of aryl methyl sites for hydroxylation is 3. The molecule has 9 heterocycles. The maximum absolute atomic E-state index is 12.6. The fourth-order valence-electron chi connectivity index (χ4n) is 13.9. The highest BCUT2D eigenvalue weighted by molar-refractivity contribution is 7.16. The number of allylic oxidation sites excluding steroid dienone is 3. The van der Waals surface area contributed by atoms with Crippen LogP contribution in [0.1, 0.15) is 111 Å². The average molecular weight is 1770 g/mol.